The van der Waals surface area contributed by atoms with Crippen molar-refractivity contribution in [3.63, 3.8) is 0 Å². The fourth-order valence-corrected chi connectivity index (χ4v) is 2.56. The molecule has 124 valence electrons. The highest BCUT2D eigenvalue weighted by Crippen LogP contribution is 2.40. The first-order valence-electron chi connectivity index (χ1n) is 6.93. The maximum atomic E-state index is 12.8. The number of benzene rings is 2. The fraction of sp³-hybridized carbons (Fsp3) is 0.118. The number of rotatable bonds is 3. The highest BCUT2D eigenvalue weighted by atomic mass is 16.5. The maximum Gasteiger partial charge on any atom is 0.201 e. The van der Waals surface area contributed by atoms with Gasteiger partial charge >= 0.3 is 0 Å². The van der Waals surface area contributed by atoms with Gasteiger partial charge in [-0.2, -0.15) is 0 Å². The second kappa shape index (κ2) is 5.38. The number of phenols is 4. The minimum Gasteiger partial charge on any atom is -0.504 e. The van der Waals surface area contributed by atoms with E-state index >= 15 is 0 Å². The summed E-state index contributed by atoms with van der Waals surface area (Å²) in [6, 6.07) is 5.10. The number of carbonyl (C=O) groups is 1. The molecule has 0 aliphatic rings. The molecular weight excluding hydrogens is 316 g/mol. The van der Waals surface area contributed by atoms with Gasteiger partial charge in [-0.3, -0.25) is 4.79 Å². The topological polar surface area (TPSA) is 120 Å². The standard InChI is InChI=1S/C17H14O7/c1-7-13(9-3-4-10(18)16(22)17(9)24-7)14(20)8-5-11(19)15(21)12(6-8)23-2/h3-6,18-19,21-22H,1-2H3. The van der Waals surface area contributed by atoms with Crippen LogP contribution in [0.3, 0.4) is 0 Å². The molecule has 0 unspecified atom stereocenters. The van der Waals surface area contributed by atoms with Crippen LogP contribution >= 0.6 is 0 Å². The van der Waals surface area contributed by atoms with Crippen molar-refractivity contribution in [2.24, 2.45) is 0 Å². The average molecular weight is 330 g/mol. The van der Waals surface area contributed by atoms with Crippen LogP contribution in [-0.4, -0.2) is 33.3 Å². The van der Waals surface area contributed by atoms with Crippen LogP contribution in [0.2, 0.25) is 0 Å². The van der Waals surface area contributed by atoms with Crippen molar-refractivity contribution in [3.05, 3.63) is 41.2 Å². The third-order valence-corrected chi connectivity index (χ3v) is 3.75. The van der Waals surface area contributed by atoms with Crippen molar-refractivity contribution in [2.45, 2.75) is 6.92 Å². The van der Waals surface area contributed by atoms with E-state index in [2.05, 4.69) is 0 Å². The molecule has 0 saturated carbocycles. The molecule has 0 radical (unpaired) electrons. The summed E-state index contributed by atoms with van der Waals surface area (Å²) in [5.41, 5.74) is 0.235. The number of ketones is 1. The van der Waals surface area contributed by atoms with Gasteiger partial charge in [0.05, 0.1) is 12.7 Å². The van der Waals surface area contributed by atoms with Gasteiger partial charge in [-0.1, -0.05) is 0 Å². The minimum absolute atomic E-state index is 0.00850. The van der Waals surface area contributed by atoms with Gasteiger partial charge in [-0.15, -0.1) is 0 Å². The highest BCUT2D eigenvalue weighted by Gasteiger charge is 2.24. The number of aromatic hydroxyl groups is 4. The third-order valence-electron chi connectivity index (χ3n) is 3.75. The van der Waals surface area contributed by atoms with Crippen molar-refractivity contribution in [1.29, 1.82) is 0 Å². The van der Waals surface area contributed by atoms with E-state index in [4.69, 9.17) is 9.15 Å². The van der Waals surface area contributed by atoms with Gasteiger partial charge in [0.25, 0.3) is 0 Å². The largest absolute Gasteiger partial charge is 0.504 e. The van der Waals surface area contributed by atoms with E-state index in [-0.39, 0.29) is 34.0 Å². The molecule has 0 saturated heterocycles. The lowest BCUT2D eigenvalue weighted by Gasteiger charge is -2.08. The third kappa shape index (κ3) is 2.18. The van der Waals surface area contributed by atoms with Gasteiger partial charge in [-0.05, 0) is 31.2 Å². The first-order chi connectivity index (χ1) is 11.3. The number of hydrogen-bond donors (Lipinski definition) is 4. The van der Waals surface area contributed by atoms with Gasteiger partial charge < -0.3 is 29.6 Å². The number of methoxy groups -OCH3 is 1. The molecule has 0 aliphatic heterocycles. The zero-order chi connectivity index (χ0) is 17.6. The highest BCUT2D eigenvalue weighted by molar-refractivity contribution is 6.17. The van der Waals surface area contributed by atoms with Gasteiger partial charge in [-0.25, -0.2) is 0 Å². The average Bonchev–Trinajstić information content (AvgIpc) is 2.89. The number of hydrogen-bond acceptors (Lipinski definition) is 7. The number of furan rings is 1. The molecular formula is C17H14O7. The van der Waals surface area contributed by atoms with Gasteiger partial charge in [0, 0.05) is 10.9 Å². The Morgan fingerprint density at radius 1 is 1.04 bits per heavy atom. The molecule has 0 bridgehead atoms. The van der Waals surface area contributed by atoms with E-state index in [1.54, 1.807) is 6.92 Å². The first kappa shape index (κ1) is 15.5. The summed E-state index contributed by atoms with van der Waals surface area (Å²) in [5.74, 6) is -2.09. The second-order valence-corrected chi connectivity index (χ2v) is 5.22. The summed E-state index contributed by atoms with van der Waals surface area (Å²) in [5, 5.41) is 39.1. The Labute approximate surface area is 136 Å². The van der Waals surface area contributed by atoms with Crippen molar-refractivity contribution < 1.29 is 34.4 Å². The lowest BCUT2D eigenvalue weighted by Crippen LogP contribution is -2.03. The Balaban J connectivity index is 2.22. The zero-order valence-electron chi connectivity index (χ0n) is 12.8. The smallest absolute Gasteiger partial charge is 0.201 e. The zero-order valence-corrected chi connectivity index (χ0v) is 12.8. The number of ether oxygens (including phenoxy) is 1. The molecule has 0 aliphatic carbocycles. The molecule has 1 aromatic heterocycles. The van der Waals surface area contributed by atoms with Crippen LogP contribution in [0.4, 0.5) is 0 Å². The van der Waals surface area contributed by atoms with E-state index < -0.39 is 23.0 Å². The molecule has 3 aromatic rings. The van der Waals surface area contributed by atoms with Gasteiger partial charge in [0.2, 0.25) is 11.5 Å². The van der Waals surface area contributed by atoms with Crippen molar-refractivity contribution >= 4 is 16.8 Å². The summed E-state index contributed by atoms with van der Waals surface area (Å²) < 4.78 is 10.3. The lowest BCUT2D eigenvalue weighted by atomic mass is 9.99. The molecule has 1 heterocycles. The summed E-state index contributed by atoms with van der Waals surface area (Å²) in [6.07, 6.45) is 0. The van der Waals surface area contributed by atoms with Crippen LogP contribution < -0.4 is 4.74 Å². The van der Waals surface area contributed by atoms with E-state index in [0.717, 1.165) is 6.07 Å². The van der Waals surface area contributed by atoms with Crippen molar-refractivity contribution in [2.75, 3.05) is 7.11 Å². The quantitative estimate of drug-likeness (QED) is 0.430. The van der Waals surface area contributed by atoms with E-state index in [0.29, 0.717) is 5.39 Å². The Morgan fingerprint density at radius 2 is 1.75 bits per heavy atom. The Bertz CT molecular complexity index is 969. The molecule has 3 rings (SSSR count). The van der Waals surface area contributed by atoms with Crippen LogP contribution in [0.1, 0.15) is 21.7 Å². The van der Waals surface area contributed by atoms with Gasteiger partial charge in [0.1, 0.15) is 5.76 Å². The molecule has 0 atom stereocenters. The lowest BCUT2D eigenvalue weighted by molar-refractivity contribution is 0.103. The molecule has 2 aromatic carbocycles. The summed E-state index contributed by atoms with van der Waals surface area (Å²) in [6.45, 7) is 1.54. The number of fused-ring (bicyclic) bond motifs is 1. The number of carbonyl (C=O) groups excluding carboxylic acids is 1. The summed E-state index contributed by atoms with van der Waals surface area (Å²) in [7, 11) is 1.29. The van der Waals surface area contributed by atoms with Gasteiger partial charge in [0.15, 0.2) is 28.6 Å². The Morgan fingerprint density at radius 3 is 2.42 bits per heavy atom. The fourth-order valence-electron chi connectivity index (χ4n) is 2.56. The SMILES string of the molecule is COc1cc(C(=O)c2c(C)oc3c(O)c(O)ccc23)cc(O)c1O. The predicted octanol–water partition coefficient (Wildman–Crippen LogP) is 2.80. The number of aryl methyl sites for hydroxylation is 1. The molecule has 4 N–H and O–H groups in total. The molecule has 7 nitrogen and oxygen atoms in total. The maximum absolute atomic E-state index is 12.8. The first-order valence-corrected chi connectivity index (χ1v) is 6.93. The number of phenolic OH excluding ortho intramolecular Hbond substituents is 4. The van der Waals surface area contributed by atoms with E-state index in [9.17, 15) is 25.2 Å². The Kier molecular flexibility index (Phi) is 3.48. The second-order valence-electron chi connectivity index (χ2n) is 5.22. The van der Waals surface area contributed by atoms with Crippen LogP contribution in [-0.2, 0) is 0 Å². The monoisotopic (exact) mass is 330 g/mol. The summed E-state index contributed by atoms with van der Waals surface area (Å²) >= 11 is 0. The van der Waals surface area contributed by atoms with Crippen molar-refractivity contribution in [1.82, 2.24) is 0 Å². The predicted molar refractivity (Wildman–Crippen MR) is 84.0 cm³/mol. The normalized spacial score (nSPS) is 10.9. The van der Waals surface area contributed by atoms with Crippen molar-refractivity contribution in [3.8, 4) is 28.7 Å². The molecule has 0 amide bonds. The molecule has 24 heavy (non-hydrogen) atoms. The van der Waals surface area contributed by atoms with Crippen LogP contribution in [0.5, 0.6) is 28.7 Å². The van der Waals surface area contributed by atoms with E-state index in [1.807, 2.05) is 0 Å². The van der Waals surface area contributed by atoms with Crippen LogP contribution in [0.15, 0.2) is 28.7 Å². The van der Waals surface area contributed by atoms with Crippen LogP contribution in [0, 0.1) is 6.92 Å². The van der Waals surface area contributed by atoms with Crippen LogP contribution in [0.25, 0.3) is 11.0 Å². The Hall–Kier alpha value is -3.35. The minimum atomic E-state index is -0.497. The molecule has 0 fully saturated rings. The molecule has 7 heteroatoms. The summed E-state index contributed by atoms with van der Waals surface area (Å²) in [4.78, 5) is 12.8. The van der Waals surface area contributed by atoms with E-state index in [1.165, 1.54) is 25.3 Å². The molecule has 0 spiro atoms.